The first-order chi connectivity index (χ1) is 9.29. The number of hydrogen-bond donors (Lipinski definition) is 1. The molecule has 1 unspecified atom stereocenters. The summed E-state index contributed by atoms with van der Waals surface area (Å²) < 4.78 is 5.68. The van der Waals surface area contributed by atoms with E-state index in [2.05, 4.69) is 42.3 Å². The molecule has 1 atom stereocenters. The maximum Gasteiger partial charge on any atom is 0.128 e. The van der Waals surface area contributed by atoms with Gasteiger partial charge in [-0.3, -0.25) is 0 Å². The third-order valence-electron chi connectivity index (χ3n) is 3.30. The lowest BCUT2D eigenvalue weighted by atomic mass is 10.3. The molecule has 1 aromatic heterocycles. The number of nitrogens with one attached hydrogen (secondary N) is 1. The summed E-state index contributed by atoms with van der Waals surface area (Å²) in [5.41, 5.74) is 1.11. The van der Waals surface area contributed by atoms with E-state index in [1.807, 2.05) is 0 Å². The molecule has 19 heavy (non-hydrogen) atoms. The summed E-state index contributed by atoms with van der Waals surface area (Å²) in [5.74, 6) is 1.08. The standard InChI is InChI=1S/C15H25N3O/c1-3-8-16-11-14-6-4-7-15(17-14)18-9-5-10-19-13(2)12-18/h4,6-7,13,16H,3,5,8-12H2,1-2H3. The van der Waals surface area contributed by atoms with Gasteiger partial charge in [-0.05, 0) is 38.4 Å². The second-order valence-electron chi connectivity index (χ2n) is 5.14. The lowest BCUT2D eigenvalue weighted by Crippen LogP contribution is -2.31. The van der Waals surface area contributed by atoms with Gasteiger partial charge in [-0.2, -0.15) is 0 Å². The molecule has 1 saturated heterocycles. The number of aromatic nitrogens is 1. The highest BCUT2D eigenvalue weighted by Gasteiger charge is 2.16. The van der Waals surface area contributed by atoms with Crippen molar-refractivity contribution in [2.24, 2.45) is 0 Å². The lowest BCUT2D eigenvalue weighted by Gasteiger charge is -2.23. The predicted molar refractivity (Wildman–Crippen MR) is 78.5 cm³/mol. The van der Waals surface area contributed by atoms with Crippen LogP contribution in [0.25, 0.3) is 0 Å². The zero-order valence-electron chi connectivity index (χ0n) is 12.1. The van der Waals surface area contributed by atoms with Crippen LogP contribution < -0.4 is 10.2 Å². The second-order valence-corrected chi connectivity index (χ2v) is 5.14. The Bertz CT molecular complexity index is 383. The number of ether oxygens (including phenoxy) is 1. The smallest absolute Gasteiger partial charge is 0.128 e. The van der Waals surface area contributed by atoms with Crippen molar-refractivity contribution in [1.29, 1.82) is 0 Å². The molecule has 1 aromatic rings. The summed E-state index contributed by atoms with van der Waals surface area (Å²) >= 11 is 0. The Morgan fingerprint density at radius 1 is 1.47 bits per heavy atom. The van der Waals surface area contributed by atoms with E-state index in [0.29, 0.717) is 0 Å². The van der Waals surface area contributed by atoms with Crippen LogP contribution >= 0.6 is 0 Å². The summed E-state index contributed by atoms with van der Waals surface area (Å²) in [6.45, 7) is 9.01. The molecule has 1 fully saturated rings. The van der Waals surface area contributed by atoms with Crippen molar-refractivity contribution in [3.63, 3.8) is 0 Å². The molecule has 1 N–H and O–H groups in total. The largest absolute Gasteiger partial charge is 0.377 e. The first-order valence-corrected chi connectivity index (χ1v) is 7.33. The minimum Gasteiger partial charge on any atom is -0.377 e. The molecule has 0 aromatic carbocycles. The molecule has 0 radical (unpaired) electrons. The number of nitrogens with zero attached hydrogens (tertiary/aromatic N) is 2. The van der Waals surface area contributed by atoms with Crippen LogP contribution in [0.1, 0.15) is 32.4 Å². The number of anilines is 1. The second kappa shape index (κ2) is 7.46. The maximum absolute atomic E-state index is 5.68. The fraction of sp³-hybridized carbons (Fsp3) is 0.667. The van der Waals surface area contributed by atoms with Crippen LogP contribution in [0.5, 0.6) is 0 Å². The van der Waals surface area contributed by atoms with E-state index >= 15 is 0 Å². The quantitative estimate of drug-likeness (QED) is 0.826. The molecule has 4 heteroatoms. The van der Waals surface area contributed by atoms with Gasteiger partial charge >= 0.3 is 0 Å². The summed E-state index contributed by atoms with van der Waals surface area (Å²) in [6.07, 6.45) is 2.51. The lowest BCUT2D eigenvalue weighted by molar-refractivity contribution is 0.0820. The van der Waals surface area contributed by atoms with Crippen LogP contribution in [0.15, 0.2) is 18.2 Å². The molecule has 106 valence electrons. The van der Waals surface area contributed by atoms with Gasteiger partial charge in [-0.1, -0.05) is 13.0 Å². The Hall–Kier alpha value is -1.13. The van der Waals surface area contributed by atoms with Crippen molar-refractivity contribution in [2.45, 2.75) is 39.3 Å². The van der Waals surface area contributed by atoms with Gasteiger partial charge in [0.25, 0.3) is 0 Å². The van der Waals surface area contributed by atoms with Crippen LogP contribution in [0.4, 0.5) is 5.82 Å². The minimum atomic E-state index is 0.283. The molecule has 0 amide bonds. The van der Waals surface area contributed by atoms with Gasteiger partial charge in [0, 0.05) is 26.2 Å². The molecule has 2 heterocycles. The van der Waals surface area contributed by atoms with Gasteiger partial charge in [0.1, 0.15) is 5.82 Å². The van der Waals surface area contributed by atoms with E-state index < -0.39 is 0 Å². The van der Waals surface area contributed by atoms with Crippen LogP contribution in [-0.2, 0) is 11.3 Å². The highest BCUT2D eigenvalue weighted by molar-refractivity contribution is 5.39. The van der Waals surface area contributed by atoms with Gasteiger partial charge in [0.15, 0.2) is 0 Å². The first kappa shape index (κ1) is 14.3. The Morgan fingerprint density at radius 3 is 3.21 bits per heavy atom. The van der Waals surface area contributed by atoms with Gasteiger partial charge in [-0.25, -0.2) is 4.98 Å². The van der Waals surface area contributed by atoms with E-state index in [-0.39, 0.29) is 6.10 Å². The van der Waals surface area contributed by atoms with Crippen LogP contribution in [0.2, 0.25) is 0 Å². The molecular weight excluding hydrogens is 238 g/mol. The fourth-order valence-corrected chi connectivity index (χ4v) is 2.34. The van der Waals surface area contributed by atoms with Crippen LogP contribution in [0, 0.1) is 0 Å². The van der Waals surface area contributed by atoms with Crippen LogP contribution in [-0.4, -0.2) is 37.3 Å². The Labute approximate surface area is 116 Å². The maximum atomic E-state index is 5.68. The summed E-state index contributed by atoms with van der Waals surface area (Å²) in [7, 11) is 0. The highest BCUT2D eigenvalue weighted by atomic mass is 16.5. The average Bonchev–Trinajstić information content (AvgIpc) is 2.64. The average molecular weight is 263 g/mol. The van der Waals surface area contributed by atoms with E-state index in [1.165, 1.54) is 0 Å². The minimum absolute atomic E-state index is 0.283. The molecule has 0 saturated carbocycles. The van der Waals surface area contributed by atoms with Crippen molar-refractivity contribution in [1.82, 2.24) is 10.3 Å². The summed E-state index contributed by atoms with van der Waals surface area (Å²) in [6, 6.07) is 6.28. The van der Waals surface area contributed by atoms with E-state index in [9.17, 15) is 0 Å². The third kappa shape index (κ3) is 4.48. The van der Waals surface area contributed by atoms with Crippen LogP contribution in [0.3, 0.4) is 0 Å². The molecule has 4 nitrogen and oxygen atoms in total. The SMILES string of the molecule is CCCNCc1cccc(N2CCCOC(C)C2)n1. The summed E-state index contributed by atoms with van der Waals surface area (Å²) in [4.78, 5) is 7.09. The molecular formula is C15H25N3O. The number of pyridine rings is 1. The zero-order chi connectivity index (χ0) is 13.5. The third-order valence-corrected chi connectivity index (χ3v) is 3.30. The number of hydrogen-bond acceptors (Lipinski definition) is 4. The fourth-order valence-electron chi connectivity index (χ4n) is 2.34. The zero-order valence-corrected chi connectivity index (χ0v) is 12.1. The normalized spacial score (nSPS) is 20.3. The van der Waals surface area contributed by atoms with Gasteiger partial charge < -0.3 is 15.0 Å². The molecule has 0 spiro atoms. The molecule has 2 rings (SSSR count). The Morgan fingerprint density at radius 2 is 2.37 bits per heavy atom. The summed E-state index contributed by atoms with van der Waals surface area (Å²) in [5, 5.41) is 3.40. The molecule has 0 bridgehead atoms. The molecule has 1 aliphatic rings. The first-order valence-electron chi connectivity index (χ1n) is 7.33. The van der Waals surface area contributed by atoms with Crippen molar-refractivity contribution < 1.29 is 4.74 Å². The van der Waals surface area contributed by atoms with Crippen molar-refractivity contribution in [3.8, 4) is 0 Å². The van der Waals surface area contributed by atoms with Crippen molar-refractivity contribution in [2.75, 3.05) is 31.1 Å². The highest BCUT2D eigenvalue weighted by Crippen LogP contribution is 2.15. The molecule has 1 aliphatic heterocycles. The number of rotatable bonds is 5. The Balaban J connectivity index is 2.00. The van der Waals surface area contributed by atoms with Crippen molar-refractivity contribution in [3.05, 3.63) is 23.9 Å². The monoisotopic (exact) mass is 263 g/mol. The van der Waals surface area contributed by atoms with Crippen molar-refractivity contribution >= 4 is 5.82 Å². The van der Waals surface area contributed by atoms with E-state index in [4.69, 9.17) is 9.72 Å². The van der Waals surface area contributed by atoms with Gasteiger partial charge in [-0.15, -0.1) is 0 Å². The van der Waals surface area contributed by atoms with E-state index in [1.54, 1.807) is 0 Å². The molecule has 0 aliphatic carbocycles. The topological polar surface area (TPSA) is 37.4 Å². The van der Waals surface area contributed by atoms with E-state index in [0.717, 1.165) is 57.1 Å². The predicted octanol–water partition coefficient (Wildman–Crippen LogP) is 2.20. The van der Waals surface area contributed by atoms with Gasteiger partial charge in [0.05, 0.1) is 11.8 Å². The Kier molecular flexibility index (Phi) is 5.61. The van der Waals surface area contributed by atoms with Gasteiger partial charge in [0.2, 0.25) is 0 Å².